The Hall–Kier alpha value is -2.91. The summed E-state index contributed by atoms with van der Waals surface area (Å²) in [4.78, 5) is 8.93. The molecule has 0 aliphatic rings. The lowest BCUT2D eigenvalue weighted by molar-refractivity contribution is 0.480. The van der Waals surface area contributed by atoms with Gasteiger partial charge in [-0.05, 0) is 23.8 Å². The fourth-order valence-electron chi connectivity index (χ4n) is 2.70. The molecule has 1 N–H and O–H groups in total. The molecule has 24 heavy (non-hydrogen) atoms. The molecule has 116 valence electrons. The maximum atomic E-state index is 10.4. The summed E-state index contributed by atoms with van der Waals surface area (Å²) in [6.45, 7) is 0. The third-order valence-corrected chi connectivity index (χ3v) is 4.21. The van der Waals surface area contributed by atoms with Gasteiger partial charge in [-0.3, -0.25) is 0 Å². The molecule has 3 nitrogen and oxygen atoms in total. The van der Waals surface area contributed by atoms with Crippen LogP contribution in [0.3, 0.4) is 0 Å². The monoisotopic (exact) mass is 332 g/mol. The minimum Gasteiger partial charge on any atom is -0.506 e. The molecule has 1 aromatic heterocycles. The molecule has 0 saturated heterocycles. The summed E-state index contributed by atoms with van der Waals surface area (Å²) in [6, 6.07) is 20.8. The third kappa shape index (κ3) is 2.59. The first-order valence-corrected chi connectivity index (χ1v) is 7.90. The fourth-order valence-corrected chi connectivity index (χ4v) is 2.95. The molecule has 0 amide bonds. The van der Waals surface area contributed by atoms with Gasteiger partial charge in [-0.25, -0.2) is 9.97 Å². The Morgan fingerprint density at radius 3 is 2.38 bits per heavy atom. The first kappa shape index (κ1) is 14.7. The van der Waals surface area contributed by atoms with Gasteiger partial charge in [0.1, 0.15) is 11.3 Å². The van der Waals surface area contributed by atoms with Gasteiger partial charge >= 0.3 is 0 Å². The van der Waals surface area contributed by atoms with Crippen LogP contribution >= 0.6 is 11.6 Å². The molecule has 0 unspecified atom stereocenters. The number of rotatable bonds is 2. The Balaban J connectivity index is 1.88. The van der Waals surface area contributed by atoms with Crippen LogP contribution in [0.25, 0.3) is 33.4 Å². The molecule has 3 aromatic carbocycles. The van der Waals surface area contributed by atoms with E-state index >= 15 is 0 Å². The molecule has 4 aromatic rings. The lowest BCUT2D eigenvalue weighted by atomic mass is 10.0. The number of aromatic nitrogens is 2. The van der Waals surface area contributed by atoms with Crippen molar-refractivity contribution in [1.82, 2.24) is 9.97 Å². The zero-order chi connectivity index (χ0) is 16.5. The number of hydrogen-bond donors (Lipinski definition) is 1. The van der Waals surface area contributed by atoms with E-state index in [1.54, 1.807) is 12.3 Å². The van der Waals surface area contributed by atoms with Gasteiger partial charge in [0.05, 0.1) is 0 Å². The van der Waals surface area contributed by atoms with Gasteiger partial charge in [-0.2, -0.15) is 0 Å². The molecule has 1 heterocycles. The second-order valence-electron chi connectivity index (χ2n) is 5.47. The maximum absolute atomic E-state index is 10.4. The molecule has 0 aliphatic carbocycles. The molecular formula is C20H13ClN2O. The lowest BCUT2D eigenvalue weighted by Gasteiger charge is -2.09. The first-order valence-electron chi connectivity index (χ1n) is 7.52. The topological polar surface area (TPSA) is 46.0 Å². The number of benzene rings is 3. The predicted molar refractivity (Wildman–Crippen MR) is 97.1 cm³/mol. The highest BCUT2D eigenvalue weighted by molar-refractivity contribution is 6.33. The molecular weight excluding hydrogens is 320 g/mol. The SMILES string of the molecule is Oc1cc(-c2ccccc2Cl)cc2cnc(-c3ccccc3)nc12. The summed E-state index contributed by atoms with van der Waals surface area (Å²) < 4.78 is 0. The van der Waals surface area contributed by atoms with E-state index in [4.69, 9.17) is 11.6 Å². The Morgan fingerprint density at radius 1 is 0.833 bits per heavy atom. The van der Waals surface area contributed by atoms with Crippen LogP contribution in [0.2, 0.25) is 5.02 Å². The van der Waals surface area contributed by atoms with Gasteiger partial charge in [0.15, 0.2) is 5.82 Å². The van der Waals surface area contributed by atoms with E-state index in [-0.39, 0.29) is 5.75 Å². The van der Waals surface area contributed by atoms with Crippen molar-refractivity contribution in [2.45, 2.75) is 0 Å². The van der Waals surface area contributed by atoms with Crippen molar-refractivity contribution in [1.29, 1.82) is 0 Å². The zero-order valence-electron chi connectivity index (χ0n) is 12.6. The molecule has 0 aliphatic heterocycles. The van der Waals surface area contributed by atoms with Gasteiger partial charge in [0.25, 0.3) is 0 Å². The summed E-state index contributed by atoms with van der Waals surface area (Å²) in [5, 5.41) is 11.8. The number of nitrogens with zero attached hydrogens (tertiary/aromatic N) is 2. The zero-order valence-corrected chi connectivity index (χ0v) is 13.4. The minimum absolute atomic E-state index is 0.113. The molecule has 0 spiro atoms. The number of phenols is 1. The van der Waals surface area contributed by atoms with E-state index in [1.165, 1.54) is 0 Å². The van der Waals surface area contributed by atoms with Gasteiger partial charge in [-0.15, -0.1) is 0 Å². The Kier molecular flexibility index (Phi) is 3.63. The molecule has 0 atom stereocenters. The average Bonchev–Trinajstić information content (AvgIpc) is 2.62. The van der Waals surface area contributed by atoms with Crippen LogP contribution in [0.4, 0.5) is 0 Å². The smallest absolute Gasteiger partial charge is 0.159 e. The standard InChI is InChI=1S/C20H13ClN2O/c21-17-9-5-4-8-16(17)14-10-15-12-22-20(13-6-2-1-3-7-13)23-19(15)18(24)11-14/h1-12,24H. The summed E-state index contributed by atoms with van der Waals surface area (Å²) >= 11 is 6.25. The van der Waals surface area contributed by atoms with Gasteiger partial charge in [0, 0.05) is 27.7 Å². The van der Waals surface area contributed by atoms with E-state index in [0.29, 0.717) is 16.4 Å². The fraction of sp³-hybridized carbons (Fsp3) is 0. The van der Waals surface area contributed by atoms with Crippen LogP contribution in [-0.4, -0.2) is 15.1 Å². The highest BCUT2D eigenvalue weighted by Gasteiger charge is 2.11. The first-order chi connectivity index (χ1) is 11.7. The van der Waals surface area contributed by atoms with Crippen molar-refractivity contribution in [2.24, 2.45) is 0 Å². The quantitative estimate of drug-likeness (QED) is 0.540. The van der Waals surface area contributed by atoms with E-state index in [9.17, 15) is 5.11 Å². The Morgan fingerprint density at radius 2 is 1.58 bits per heavy atom. The summed E-state index contributed by atoms with van der Waals surface area (Å²) in [5.41, 5.74) is 3.14. The molecule has 4 heteroatoms. The Bertz CT molecular complexity index is 1030. The van der Waals surface area contributed by atoms with Crippen LogP contribution in [0.1, 0.15) is 0 Å². The van der Waals surface area contributed by atoms with Crippen LogP contribution in [0.5, 0.6) is 5.75 Å². The lowest BCUT2D eigenvalue weighted by Crippen LogP contribution is -1.91. The molecule has 0 radical (unpaired) electrons. The summed E-state index contributed by atoms with van der Waals surface area (Å²) in [5.74, 6) is 0.700. The molecule has 0 saturated carbocycles. The largest absolute Gasteiger partial charge is 0.506 e. The van der Waals surface area contributed by atoms with Gasteiger partial charge in [-0.1, -0.05) is 60.1 Å². The second-order valence-corrected chi connectivity index (χ2v) is 5.88. The molecule has 0 fully saturated rings. The van der Waals surface area contributed by atoms with Crippen molar-refractivity contribution in [3.05, 3.63) is 77.9 Å². The van der Waals surface area contributed by atoms with Crippen molar-refractivity contribution >= 4 is 22.5 Å². The van der Waals surface area contributed by atoms with Crippen molar-refractivity contribution in [2.75, 3.05) is 0 Å². The van der Waals surface area contributed by atoms with Crippen molar-refractivity contribution in [3.63, 3.8) is 0 Å². The van der Waals surface area contributed by atoms with E-state index in [1.807, 2.05) is 60.7 Å². The number of fused-ring (bicyclic) bond motifs is 1. The number of aromatic hydroxyl groups is 1. The third-order valence-electron chi connectivity index (χ3n) is 3.88. The van der Waals surface area contributed by atoms with E-state index < -0.39 is 0 Å². The Labute approximate surface area is 144 Å². The number of hydrogen-bond acceptors (Lipinski definition) is 3. The van der Waals surface area contributed by atoms with Crippen molar-refractivity contribution < 1.29 is 5.11 Å². The molecule has 0 bridgehead atoms. The van der Waals surface area contributed by atoms with Gasteiger partial charge < -0.3 is 5.11 Å². The van der Waals surface area contributed by atoms with E-state index in [0.717, 1.165) is 22.1 Å². The van der Waals surface area contributed by atoms with E-state index in [2.05, 4.69) is 9.97 Å². The normalized spacial score (nSPS) is 10.9. The number of halogens is 1. The second kappa shape index (κ2) is 5.95. The minimum atomic E-state index is 0.113. The average molecular weight is 333 g/mol. The highest BCUT2D eigenvalue weighted by atomic mass is 35.5. The van der Waals surface area contributed by atoms with Gasteiger partial charge in [0.2, 0.25) is 0 Å². The van der Waals surface area contributed by atoms with Crippen molar-refractivity contribution in [3.8, 4) is 28.3 Å². The summed E-state index contributed by atoms with van der Waals surface area (Å²) in [7, 11) is 0. The maximum Gasteiger partial charge on any atom is 0.159 e. The highest BCUT2D eigenvalue weighted by Crippen LogP contribution is 2.34. The van der Waals surface area contributed by atoms with Crippen LogP contribution in [0.15, 0.2) is 72.9 Å². The van der Waals surface area contributed by atoms with Crippen LogP contribution in [0, 0.1) is 0 Å². The predicted octanol–water partition coefficient (Wildman–Crippen LogP) is 5.32. The number of phenolic OH excluding ortho intramolecular Hbond substituents is 1. The molecule has 4 rings (SSSR count). The van der Waals surface area contributed by atoms with Crippen LogP contribution < -0.4 is 0 Å². The summed E-state index contributed by atoms with van der Waals surface area (Å²) in [6.07, 6.45) is 1.73. The van der Waals surface area contributed by atoms with Crippen LogP contribution in [-0.2, 0) is 0 Å².